The van der Waals surface area contributed by atoms with Gasteiger partial charge in [-0.15, -0.1) is 0 Å². The zero-order valence-electron chi connectivity index (χ0n) is 15.7. The molecule has 0 atom stereocenters. The Morgan fingerprint density at radius 2 is 1.88 bits per heavy atom. The molecule has 0 aliphatic carbocycles. The Morgan fingerprint density at radius 1 is 1.24 bits per heavy atom. The Hall–Kier alpha value is -1.79. The number of benzene rings is 1. The maximum Gasteiger partial charge on any atom is 0.410 e. The van der Waals surface area contributed by atoms with Crippen molar-refractivity contribution in [2.24, 2.45) is 0 Å². The third-order valence-corrected chi connectivity index (χ3v) is 4.83. The summed E-state index contributed by atoms with van der Waals surface area (Å²) in [7, 11) is 0. The minimum absolute atomic E-state index is 0.302. The third kappa shape index (κ3) is 3.60. The van der Waals surface area contributed by atoms with Crippen LogP contribution in [0.5, 0.6) is 0 Å². The molecule has 1 aromatic rings. The molecule has 2 aliphatic rings. The van der Waals surface area contributed by atoms with E-state index in [1.54, 1.807) is 4.90 Å². The van der Waals surface area contributed by atoms with Gasteiger partial charge in [0, 0.05) is 39.0 Å². The fourth-order valence-electron chi connectivity index (χ4n) is 3.60. The predicted octanol–water partition coefficient (Wildman–Crippen LogP) is 2.96. The standard InChI is InChI=1S/C19H29N3O3/c1-5-21-14-15-8-6-7-9-16(15)22(21)19(24)10-12-20(13-11-19)17(23)25-18(2,3)4/h6-9,24H,5,10-14H2,1-4H3. The van der Waals surface area contributed by atoms with Crippen molar-refractivity contribution >= 4 is 11.8 Å². The van der Waals surface area contributed by atoms with E-state index in [0.717, 1.165) is 18.8 Å². The molecule has 1 N–H and O–H groups in total. The van der Waals surface area contributed by atoms with Gasteiger partial charge in [0.1, 0.15) is 5.60 Å². The van der Waals surface area contributed by atoms with Crippen LogP contribution in [0.1, 0.15) is 46.1 Å². The van der Waals surface area contributed by atoms with Crippen LogP contribution in [0.2, 0.25) is 0 Å². The molecule has 1 fully saturated rings. The van der Waals surface area contributed by atoms with Gasteiger partial charge in [0.05, 0.1) is 5.69 Å². The Kier molecular flexibility index (Phi) is 4.68. The van der Waals surface area contributed by atoms with Gasteiger partial charge < -0.3 is 14.7 Å². The van der Waals surface area contributed by atoms with E-state index in [2.05, 4.69) is 24.1 Å². The topological polar surface area (TPSA) is 56.2 Å². The number of hydrogen-bond acceptors (Lipinski definition) is 5. The van der Waals surface area contributed by atoms with Crippen molar-refractivity contribution in [1.29, 1.82) is 0 Å². The van der Waals surface area contributed by atoms with Gasteiger partial charge in [0.2, 0.25) is 0 Å². The van der Waals surface area contributed by atoms with Crippen molar-refractivity contribution < 1.29 is 14.6 Å². The lowest BCUT2D eigenvalue weighted by molar-refractivity contribution is -0.0604. The number of hydrazine groups is 1. The number of aliphatic hydroxyl groups is 1. The second-order valence-electron chi connectivity index (χ2n) is 7.87. The number of carbonyl (C=O) groups excluding carboxylic acids is 1. The minimum Gasteiger partial charge on any atom is -0.444 e. The van der Waals surface area contributed by atoms with Crippen LogP contribution in [0.15, 0.2) is 24.3 Å². The van der Waals surface area contributed by atoms with Gasteiger partial charge in [-0.2, -0.15) is 0 Å². The second-order valence-corrected chi connectivity index (χ2v) is 7.87. The van der Waals surface area contributed by atoms with E-state index in [4.69, 9.17) is 4.74 Å². The summed E-state index contributed by atoms with van der Waals surface area (Å²) in [6, 6.07) is 8.20. The number of likely N-dealkylation sites (tertiary alicyclic amines) is 1. The maximum absolute atomic E-state index is 12.3. The molecule has 138 valence electrons. The first kappa shape index (κ1) is 18.0. The van der Waals surface area contributed by atoms with Gasteiger partial charge in [-0.3, -0.25) is 5.01 Å². The van der Waals surface area contributed by atoms with Gasteiger partial charge in [-0.05, 0) is 32.4 Å². The molecule has 2 heterocycles. The fourth-order valence-corrected chi connectivity index (χ4v) is 3.60. The van der Waals surface area contributed by atoms with E-state index >= 15 is 0 Å². The maximum atomic E-state index is 12.3. The van der Waals surface area contributed by atoms with Crippen LogP contribution < -0.4 is 5.01 Å². The molecule has 0 aromatic heterocycles. The number of rotatable bonds is 2. The van der Waals surface area contributed by atoms with Crippen LogP contribution in [0.4, 0.5) is 10.5 Å². The van der Waals surface area contributed by atoms with Crippen LogP contribution in [0.25, 0.3) is 0 Å². The van der Waals surface area contributed by atoms with Gasteiger partial charge in [0.25, 0.3) is 0 Å². The number of ether oxygens (including phenoxy) is 1. The predicted molar refractivity (Wildman–Crippen MR) is 97.0 cm³/mol. The SMILES string of the molecule is CCN1Cc2ccccc2N1C1(O)CCN(C(=O)OC(C)(C)C)CC1. The summed E-state index contributed by atoms with van der Waals surface area (Å²) in [5.74, 6) is 0. The zero-order chi connectivity index (χ0) is 18.2. The van der Waals surface area contributed by atoms with E-state index in [0.29, 0.717) is 25.9 Å². The molecule has 1 amide bonds. The summed E-state index contributed by atoms with van der Waals surface area (Å²) in [6.45, 7) is 10.3. The molecule has 0 unspecified atom stereocenters. The summed E-state index contributed by atoms with van der Waals surface area (Å²) < 4.78 is 5.45. The summed E-state index contributed by atoms with van der Waals surface area (Å²) in [5.41, 5.74) is 0.823. The summed E-state index contributed by atoms with van der Waals surface area (Å²) in [6.07, 6.45) is 0.692. The lowest BCUT2D eigenvalue weighted by Gasteiger charge is -2.47. The summed E-state index contributed by atoms with van der Waals surface area (Å²) >= 11 is 0. The van der Waals surface area contributed by atoms with Crippen molar-refractivity contribution in [2.75, 3.05) is 24.6 Å². The summed E-state index contributed by atoms with van der Waals surface area (Å²) in [5, 5.41) is 15.6. The van der Waals surface area contributed by atoms with Gasteiger partial charge >= 0.3 is 6.09 Å². The molecule has 6 heteroatoms. The van der Waals surface area contributed by atoms with E-state index in [1.165, 1.54) is 5.56 Å². The van der Waals surface area contributed by atoms with E-state index in [1.807, 2.05) is 37.9 Å². The van der Waals surface area contributed by atoms with Crippen LogP contribution >= 0.6 is 0 Å². The van der Waals surface area contributed by atoms with Gasteiger partial charge in [-0.1, -0.05) is 25.1 Å². The number of nitrogens with zero attached hydrogens (tertiary/aromatic N) is 3. The fraction of sp³-hybridized carbons (Fsp3) is 0.632. The lowest BCUT2D eigenvalue weighted by Crippen LogP contribution is -2.60. The molecule has 6 nitrogen and oxygen atoms in total. The molecule has 1 saturated heterocycles. The number of hydrogen-bond donors (Lipinski definition) is 1. The van der Waals surface area contributed by atoms with E-state index in [9.17, 15) is 9.90 Å². The summed E-state index contributed by atoms with van der Waals surface area (Å²) in [4.78, 5) is 14.0. The van der Waals surface area contributed by atoms with Crippen molar-refractivity contribution in [1.82, 2.24) is 9.91 Å². The van der Waals surface area contributed by atoms with Crippen LogP contribution in [-0.2, 0) is 11.3 Å². The van der Waals surface area contributed by atoms with E-state index < -0.39 is 11.3 Å². The number of fused-ring (bicyclic) bond motifs is 1. The highest BCUT2D eigenvalue weighted by Gasteiger charge is 2.45. The molecule has 0 saturated carbocycles. The Bertz CT molecular complexity index is 633. The first-order valence-corrected chi connectivity index (χ1v) is 9.07. The quantitative estimate of drug-likeness (QED) is 0.891. The normalized spacial score (nSPS) is 20.5. The van der Waals surface area contributed by atoms with Crippen LogP contribution in [-0.4, -0.2) is 52.1 Å². The van der Waals surface area contributed by atoms with Crippen LogP contribution in [0.3, 0.4) is 0 Å². The van der Waals surface area contributed by atoms with E-state index in [-0.39, 0.29) is 6.09 Å². The van der Waals surface area contributed by atoms with Crippen LogP contribution in [0, 0.1) is 0 Å². The second kappa shape index (κ2) is 6.50. The number of piperidine rings is 1. The molecular formula is C19H29N3O3. The highest BCUT2D eigenvalue weighted by atomic mass is 16.6. The highest BCUT2D eigenvalue weighted by Crippen LogP contribution is 2.39. The molecule has 3 rings (SSSR count). The number of para-hydroxylation sites is 1. The van der Waals surface area contributed by atoms with Crippen molar-refractivity contribution in [3.05, 3.63) is 29.8 Å². The molecule has 2 aliphatic heterocycles. The first-order valence-electron chi connectivity index (χ1n) is 9.07. The number of carbonyl (C=O) groups is 1. The molecule has 25 heavy (non-hydrogen) atoms. The molecule has 0 spiro atoms. The smallest absolute Gasteiger partial charge is 0.410 e. The number of amides is 1. The molecule has 0 radical (unpaired) electrons. The Labute approximate surface area is 149 Å². The zero-order valence-corrected chi connectivity index (χ0v) is 15.7. The Morgan fingerprint density at radius 3 is 2.48 bits per heavy atom. The molecule has 0 bridgehead atoms. The highest BCUT2D eigenvalue weighted by molar-refractivity contribution is 5.68. The molecule has 1 aromatic carbocycles. The van der Waals surface area contributed by atoms with Crippen molar-refractivity contribution in [2.45, 2.75) is 58.4 Å². The lowest BCUT2D eigenvalue weighted by atomic mass is 9.99. The van der Waals surface area contributed by atoms with Crippen molar-refractivity contribution in [3.63, 3.8) is 0 Å². The average molecular weight is 347 g/mol. The van der Waals surface area contributed by atoms with Gasteiger partial charge in [-0.25, -0.2) is 9.80 Å². The number of anilines is 1. The van der Waals surface area contributed by atoms with Crippen molar-refractivity contribution in [3.8, 4) is 0 Å². The first-order chi connectivity index (χ1) is 11.7. The third-order valence-electron chi connectivity index (χ3n) is 4.83. The molecular weight excluding hydrogens is 318 g/mol. The average Bonchev–Trinajstić information content (AvgIpc) is 2.93. The minimum atomic E-state index is -0.971. The monoisotopic (exact) mass is 347 g/mol. The largest absolute Gasteiger partial charge is 0.444 e. The Balaban J connectivity index is 1.73. The van der Waals surface area contributed by atoms with Gasteiger partial charge in [0.15, 0.2) is 5.72 Å².